The summed E-state index contributed by atoms with van der Waals surface area (Å²) in [4.78, 5) is 8.61. The molecular formula is C19H21N3O3S. The van der Waals surface area contributed by atoms with Crippen molar-refractivity contribution in [3.8, 4) is 5.88 Å². The van der Waals surface area contributed by atoms with Gasteiger partial charge in [-0.05, 0) is 31.5 Å². The largest absolute Gasteiger partial charge is 0.468 e. The van der Waals surface area contributed by atoms with Gasteiger partial charge in [-0.15, -0.1) is 0 Å². The minimum atomic E-state index is -3.46. The summed E-state index contributed by atoms with van der Waals surface area (Å²) in [7, 11) is -3.46. The summed E-state index contributed by atoms with van der Waals surface area (Å²) in [5, 5.41) is 0.836. The highest BCUT2D eigenvalue weighted by Crippen LogP contribution is 2.31. The summed E-state index contributed by atoms with van der Waals surface area (Å²) in [6, 6.07) is 13.0. The maximum absolute atomic E-state index is 12.2. The normalized spacial score (nSPS) is 12.7. The Balaban J connectivity index is 1.99. The highest BCUT2D eigenvalue weighted by Gasteiger charge is 2.18. The first kappa shape index (κ1) is 18.1. The van der Waals surface area contributed by atoms with Gasteiger partial charge in [0.15, 0.2) is 0 Å². The molecule has 0 saturated carbocycles. The Morgan fingerprint density at radius 3 is 2.73 bits per heavy atom. The summed E-state index contributed by atoms with van der Waals surface area (Å²) in [5.74, 6) is 0.289. The summed E-state index contributed by atoms with van der Waals surface area (Å²) in [6.07, 6.45) is 3.60. The fourth-order valence-corrected chi connectivity index (χ4v) is 3.72. The van der Waals surface area contributed by atoms with Gasteiger partial charge in [0.25, 0.3) is 0 Å². The number of sulfonamides is 1. The Morgan fingerprint density at radius 2 is 2.00 bits per heavy atom. The molecular weight excluding hydrogens is 350 g/mol. The lowest BCUT2D eigenvalue weighted by molar-refractivity contribution is 0.219. The van der Waals surface area contributed by atoms with Crippen LogP contribution in [0, 0.1) is 0 Å². The number of rotatable bonds is 7. The minimum Gasteiger partial charge on any atom is -0.468 e. The van der Waals surface area contributed by atoms with E-state index in [1.165, 1.54) is 0 Å². The van der Waals surface area contributed by atoms with Gasteiger partial charge in [-0.25, -0.2) is 13.4 Å². The molecule has 1 unspecified atom stereocenters. The fourth-order valence-electron chi connectivity index (χ4n) is 2.60. The molecule has 3 aromatic rings. The Kier molecular flexibility index (Phi) is 5.37. The van der Waals surface area contributed by atoms with Gasteiger partial charge in [0.2, 0.25) is 15.9 Å². The number of nitrogens with one attached hydrogen (secondary N) is 1. The number of fused-ring (bicyclic) bond motifs is 1. The van der Waals surface area contributed by atoms with Crippen LogP contribution in [-0.4, -0.2) is 24.1 Å². The third-order valence-electron chi connectivity index (χ3n) is 3.87. The van der Waals surface area contributed by atoms with Crippen LogP contribution in [-0.2, 0) is 10.0 Å². The molecule has 0 amide bonds. The molecule has 0 spiro atoms. The van der Waals surface area contributed by atoms with Crippen LogP contribution >= 0.6 is 0 Å². The summed E-state index contributed by atoms with van der Waals surface area (Å²) in [5.41, 5.74) is 1.96. The van der Waals surface area contributed by atoms with Crippen LogP contribution in [0.15, 0.2) is 54.9 Å². The van der Waals surface area contributed by atoms with E-state index in [0.717, 1.165) is 16.5 Å². The van der Waals surface area contributed by atoms with Crippen LogP contribution in [0.1, 0.15) is 31.9 Å². The predicted octanol–water partition coefficient (Wildman–Crippen LogP) is 3.92. The Labute approximate surface area is 153 Å². The molecule has 2 heterocycles. The van der Waals surface area contributed by atoms with E-state index in [9.17, 15) is 8.42 Å². The lowest BCUT2D eigenvalue weighted by Crippen LogP contribution is -2.17. The molecule has 0 fully saturated rings. The third kappa shape index (κ3) is 4.29. The van der Waals surface area contributed by atoms with Gasteiger partial charge in [0, 0.05) is 23.3 Å². The van der Waals surface area contributed by atoms with Gasteiger partial charge >= 0.3 is 0 Å². The molecule has 0 aliphatic rings. The Bertz CT molecular complexity index is 991. The summed E-state index contributed by atoms with van der Waals surface area (Å²) >= 11 is 0. The number of hydrogen-bond acceptors (Lipinski definition) is 5. The van der Waals surface area contributed by atoms with E-state index in [4.69, 9.17) is 4.74 Å². The van der Waals surface area contributed by atoms with Crippen molar-refractivity contribution < 1.29 is 13.2 Å². The lowest BCUT2D eigenvalue weighted by atomic mass is 10.2. The number of ether oxygens (including phenoxy) is 1. The van der Waals surface area contributed by atoms with Gasteiger partial charge in [0.1, 0.15) is 11.8 Å². The van der Waals surface area contributed by atoms with Gasteiger partial charge < -0.3 is 4.74 Å². The first-order valence-electron chi connectivity index (χ1n) is 8.45. The van der Waals surface area contributed by atoms with Gasteiger partial charge in [-0.3, -0.25) is 9.71 Å². The maximum Gasteiger partial charge on any atom is 0.239 e. The van der Waals surface area contributed by atoms with Crippen molar-refractivity contribution >= 4 is 26.6 Å². The van der Waals surface area contributed by atoms with E-state index < -0.39 is 10.0 Å². The van der Waals surface area contributed by atoms with Crippen molar-refractivity contribution in [2.75, 3.05) is 10.5 Å². The van der Waals surface area contributed by atoms with E-state index in [1.54, 1.807) is 18.5 Å². The first-order chi connectivity index (χ1) is 12.5. The monoisotopic (exact) mass is 371 g/mol. The summed E-state index contributed by atoms with van der Waals surface area (Å²) in [6.45, 7) is 3.69. The predicted molar refractivity (Wildman–Crippen MR) is 103 cm³/mol. The number of para-hydroxylation sites is 1. The number of anilines is 1. The topological polar surface area (TPSA) is 81.2 Å². The molecule has 0 aliphatic heterocycles. The van der Waals surface area contributed by atoms with Crippen molar-refractivity contribution in [2.24, 2.45) is 0 Å². The zero-order valence-electron chi connectivity index (χ0n) is 14.7. The maximum atomic E-state index is 12.2. The average Bonchev–Trinajstić information content (AvgIpc) is 2.62. The van der Waals surface area contributed by atoms with Gasteiger partial charge in [0.05, 0.1) is 11.3 Å². The molecule has 6 nitrogen and oxygen atoms in total. The molecule has 1 aromatic carbocycles. The molecule has 0 bridgehead atoms. The third-order valence-corrected chi connectivity index (χ3v) is 5.35. The van der Waals surface area contributed by atoms with Crippen molar-refractivity contribution in [3.05, 3.63) is 60.4 Å². The zero-order chi connectivity index (χ0) is 18.6. The Morgan fingerprint density at radius 1 is 1.19 bits per heavy atom. The highest BCUT2D eigenvalue weighted by atomic mass is 32.2. The molecule has 26 heavy (non-hydrogen) atoms. The number of aromatic nitrogens is 2. The van der Waals surface area contributed by atoms with Crippen molar-refractivity contribution in [2.45, 2.75) is 26.4 Å². The standard InChI is InChI=1S/C19H21N3O3S/c1-3-11-26(23,24)22-18-12-15-7-4-5-9-17(15)21-19(18)25-14(2)16-8-6-10-20-13-16/h4-10,12-14,22H,3,11H2,1-2H3. The lowest BCUT2D eigenvalue weighted by Gasteiger charge is -2.18. The Hall–Kier alpha value is -2.67. The number of benzene rings is 1. The minimum absolute atomic E-state index is 0.0391. The highest BCUT2D eigenvalue weighted by molar-refractivity contribution is 7.92. The van der Waals surface area contributed by atoms with E-state index in [1.807, 2.05) is 50.2 Å². The fraction of sp³-hybridized carbons (Fsp3) is 0.263. The number of nitrogens with zero attached hydrogens (tertiary/aromatic N) is 2. The van der Waals surface area contributed by atoms with E-state index in [-0.39, 0.29) is 17.7 Å². The van der Waals surface area contributed by atoms with Gasteiger partial charge in [-0.1, -0.05) is 31.2 Å². The molecule has 0 saturated heterocycles. The number of hydrogen-bond donors (Lipinski definition) is 1. The van der Waals surface area contributed by atoms with E-state index in [2.05, 4.69) is 14.7 Å². The van der Waals surface area contributed by atoms with Crippen LogP contribution in [0.2, 0.25) is 0 Å². The van der Waals surface area contributed by atoms with Crippen molar-refractivity contribution in [1.82, 2.24) is 9.97 Å². The summed E-state index contributed by atoms with van der Waals surface area (Å²) < 4.78 is 33.1. The number of pyridine rings is 2. The van der Waals surface area contributed by atoms with Crippen molar-refractivity contribution in [1.29, 1.82) is 0 Å². The second-order valence-corrected chi connectivity index (χ2v) is 7.84. The smallest absolute Gasteiger partial charge is 0.239 e. The molecule has 0 aliphatic carbocycles. The molecule has 7 heteroatoms. The van der Waals surface area contributed by atoms with Crippen molar-refractivity contribution in [3.63, 3.8) is 0 Å². The van der Waals surface area contributed by atoms with E-state index in [0.29, 0.717) is 12.1 Å². The second kappa shape index (κ2) is 7.70. The molecule has 1 N–H and O–H groups in total. The van der Waals surface area contributed by atoms with E-state index >= 15 is 0 Å². The molecule has 1 atom stereocenters. The average molecular weight is 371 g/mol. The molecule has 136 valence electrons. The molecule has 3 rings (SSSR count). The van der Waals surface area contributed by atoms with Crippen LogP contribution in [0.3, 0.4) is 0 Å². The molecule has 0 radical (unpaired) electrons. The molecule has 2 aromatic heterocycles. The van der Waals surface area contributed by atoms with Crippen LogP contribution in [0.25, 0.3) is 10.9 Å². The first-order valence-corrected chi connectivity index (χ1v) is 10.1. The SMILES string of the molecule is CCCS(=O)(=O)Nc1cc2ccccc2nc1OC(C)c1cccnc1. The van der Waals surface area contributed by atoms with Crippen LogP contribution in [0.5, 0.6) is 5.88 Å². The zero-order valence-corrected chi connectivity index (χ0v) is 15.5. The van der Waals surface area contributed by atoms with Crippen LogP contribution in [0.4, 0.5) is 5.69 Å². The second-order valence-electron chi connectivity index (χ2n) is 6.00. The van der Waals surface area contributed by atoms with Gasteiger partial charge in [-0.2, -0.15) is 0 Å². The van der Waals surface area contributed by atoms with Crippen LogP contribution < -0.4 is 9.46 Å². The quantitative estimate of drug-likeness (QED) is 0.681.